The fourth-order valence-corrected chi connectivity index (χ4v) is 2.79. The minimum absolute atomic E-state index is 0.150. The Labute approximate surface area is 161 Å². The molecule has 8 nitrogen and oxygen atoms in total. The van der Waals surface area contributed by atoms with Crippen molar-refractivity contribution in [3.63, 3.8) is 0 Å². The topological polar surface area (TPSA) is 101 Å². The molecule has 144 valence electrons. The Morgan fingerprint density at radius 2 is 2.04 bits per heavy atom. The summed E-state index contributed by atoms with van der Waals surface area (Å²) >= 11 is 0. The van der Waals surface area contributed by atoms with Gasteiger partial charge in [-0.2, -0.15) is 0 Å². The zero-order valence-corrected chi connectivity index (χ0v) is 15.2. The first-order valence-corrected chi connectivity index (χ1v) is 9.14. The monoisotopic (exact) mass is 380 g/mol. The Hall–Kier alpha value is -3.42. The summed E-state index contributed by atoms with van der Waals surface area (Å²) < 4.78 is 10.7. The maximum atomic E-state index is 12.9. The van der Waals surface area contributed by atoms with Crippen LogP contribution in [0.3, 0.4) is 0 Å². The Kier molecular flexibility index (Phi) is 5.18. The van der Waals surface area contributed by atoms with Crippen LogP contribution in [-0.2, 0) is 13.1 Å². The van der Waals surface area contributed by atoms with Gasteiger partial charge in [0, 0.05) is 25.0 Å². The zero-order chi connectivity index (χ0) is 19.3. The van der Waals surface area contributed by atoms with Crippen LogP contribution in [0, 0.1) is 5.92 Å². The number of rotatable bonds is 8. The normalized spacial score (nSPS) is 13.3. The maximum absolute atomic E-state index is 12.9. The van der Waals surface area contributed by atoms with Gasteiger partial charge in [0.25, 0.3) is 11.8 Å². The highest BCUT2D eigenvalue weighted by molar-refractivity contribution is 5.94. The fraction of sp³-hybridized carbons (Fsp3) is 0.300. The molecule has 3 heterocycles. The van der Waals surface area contributed by atoms with Gasteiger partial charge in [-0.15, -0.1) is 0 Å². The maximum Gasteiger partial charge on any atom is 0.273 e. The number of amides is 2. The van der Waals surface area contributed by atoms with E-state index in [9.17, 15) is 9.59 Å². The molecule has 3 aromatic heterocycles. The molecule has 2 amide bonds. The number of hydrogen-bond acceptors (Lipinski definition) is 6. The molecule has 1 N–H and O–H groups in total. The third-order valence-electron chi connectivity index (χ3n) is 4.51. The fourth-order valence-electron chi connectivity index (χ4n) is 2.79. The lowest BCUT2D eigenvalue weighted by atomic mass is 10.2. The number of carbonyl (C=O) groups is 2. The van der Waals surface area contributed by atoms with Crippen molar-refractivity contribution in [3.8, 4) is 0 Å². The van der Waals surface area contributed by atoms with Crippen molar-refractivity contribution < 1.29 is 18.5 Å². The van der Waals surface area contributed by atoms with E-state index < -0.39 is 0 Å². The van der Waals surface area contributed by atoms with Gasteiger partial charge in [-0.1, -0.05) is 5.16 Å². The first-order chi connectivity index (χ1) is 13.7. The average Bonchev–Trinajstić information content (AvgIpc) is 3.19. The standard InChI is InChI=1S/C20H20N4O4/c25-19(22-10-14-5-6-14)18-9-17(28-23-18)13-24(12-16-4-2-8-27-16)20(26)15-3-1-7-21-11-15/h1-4,7-9,11,14H,5-6,10,12-13H2,(H,22,25). The van der Waals surface area contributed by atoms with Crippen molar-refractivity contribution >= 4 is 11.8 Å². The van der Waals surface area contributed by atoms with Crippen LogP contribution < -0.4 is 5.32 Å². The summed E-state index contributed by atoms with van der Waals surface area (Å²) in [5.74, 6) is 1.15. The smallest absolute Gasteiger partial charge is 0.273 e. The molecular formula is C20H20N4O4. The molecule has 0 radical (unpaired) electrons. The summed E-state index contributed by atoms with van der Waals surface area (Å²) in [7, 11) is 0. The quantitative estimate of drug-likeness (QED) is 0.645. The molecule has 0 aliphatic heterocycles. The minimum Gasteiger partial charge on any atom is -0.467 e. The highest BCUT2D eigenvalue weighted by atomic mass is 16.5. The molecule has 1 aliphatic carbocycles. The van der Waals surface area contributed by atoms with Crippen LogP contribution >= 0.6 is 0 Å². The lowest BCUT2D eigenvalue weighted by Gasteiger charge is -2.20. The number of carbonyl (C=O) groups excluding carboxylic acids is 2. The largest absolute Gasteiger partial charge is 0.467 e. The SMILES string of the molecule is O=C(NCC1CC1)c1cc(CN(Cc2ccco2)C(=O)c2cccnc2)on1. The molecule has 28 heavy (non-hydrogen) atoms. The zero-order valence-electron chi connectivity index (χ0n) is 15.2. The summed E-state index contributed by atoms with van der Waals surface area (Å²) in [4.78, 5) is 30.6. The van der Waals surface area contributed by atoms with Gasteiger partial charge in [-0.25, -0.2) is 0 Å². The van der Waals surface area contributed by atoms with Gasteiger partial charge in [0.05, 0.1) is 24.9 Å². The molecule has 0 spiro atoms. The highest BCUT2D eigenvalue weighted by Gasteiger charge is 2.24. The van der Waals surface area contributed by atoms with Crippen LogP contribution in [0.2, 0.25) is 0 Å². The summed E-state index contributed by atoms with van der Waals surface area (Å²) in [6, 6.07) is 8.52. The second-order valence-corrected chi connectivity index (χ2v) is 6.81. The minimum atomic E-state index is -0.266. The van der Waals surface area contributed by atoms with E-state index in [1.165, 1.54) is 6.20 Å². The third kappa shape index (κ3) is 4.46. The van der Waals surface area contributed by atoms with Gasteiger partial charge >= 0.3 is 0 Å². The van der Waals surface area contributed by atoms with Crippen molar-refractivity contribution in [2.45, 2.75) is 25.9 Å². The third-order valence-corrected chi connectivity index (χ3v) is 4.51. The molecule has 1 fully saturated rings. The highest BCUT2D eigenvalue weighted by Crippen LogP contribution is 2.27. The number of aromatic nitrogens is 2. The molecule has 0 aromatic carbocycles. The van der Waals surface area contributed by atoms with E-state index >= 15 is 0 Å². The number of pyridine rings is 1. The average molecular weight is 380 g/mol. The lowest BCUT2D eigenvalue weighted by molar-refractivity contribution is 0.0699. The summed E-state index contributed by atoms with van der Waals surface area (Å²) in [5, 5.41) is 6.68. The van der Waals surface area contributed by atoms with E-state index in [1.54, 1.807) is 47.7 Å². The van der Waals surface area contributed by atoms with Gasteiger partial charge in [0.2, 0.25) is 0 Å². The van der Waals surface area contributed by atoms with Crippen molar-refractivity contribution in [1.29, 1.82) is 0 Å². The first-order valence-electron chi connectivity index (χ1n) is 9.14. The van der Waals surface area contributed by atoms with E-state index in [0.717, 1.165) is 12.8 Å². The molecule has 3 aromatic rings. The molecule has 4 rings (SSSR count). The molecule has 1 saturated carbocycles. The van der Waals surface area contributed by atoms with Crippen LogP contribution in [0.5, 0.6) is 0 Å². The van der Waals surface area contributed by atoms with E-state index in [4.69, 9.17) is 8.94 Å². The number of nitrogens with zero attached hydrogens (tertiary/aromatic N) is 3. The predicted octanol–water partition coefficient (Wildman–Crippen LogP) is 2.65. The predicted molar refractivity (Wildman–Crippen MR) is 98.1 cm³/mol. The Bertz CT molecular complexity index is 932. The molecule has 0 unspecified atom stereocenters. The number of furan rings is 1. The Morgan fingerprint density at radius 1 is 1.18 bits per heavy atom. The van der Waals surface area contributed by atoms with Crippen LogP contribution in [0.1, 0.15) is 45.2 Å². The van der Waals surface area contributed by atoms with E-state index in [0.29, 0.717) is 29.5 Å². The first kappa shape index (κ1) is 18.0. The molecule has 0 saturated heterocycles. The molecular weight excluding hydrogens is 360 g/mol. The second-order valence-electron chi connectivity index (χ2n) is 6.81. The van der Waals surface area contributed by atoms with Gasteiger partial charge in [-0.3, -0.25) is 14.6 Å². The van der Waals surface area contributed by atoms with E-state index in [2.05, 4.69) is 15.5 Å². The van der Waals surface area contributed by atoms with Crippen molar-refractivity contribution in [2.24, 2.45) is 5.92 Å². The lowest BCUT2D eigenvalue weighted by Crippen LogP contribution is -2.30. The molecule has 1 aliphatic rings. The van der Waals surface area contributed by atoms with E-state index in [-0.39, 0.29) is 30.6 Å². The second kappa shape index (κ2) is 8.08. The van der Waals surface area contributed by atoms with Gasteiger partial charge < -0.3 is 19.2 Å². The summed E-state index contributed by atoms with van der Waals surface area (Å²) in [6.07, 6.45) is 6.98. The molecule has 8 heteroatoms. The van der Waals surface area contributed by atoms with Gasteiger partial charge in [-0.05, 0) is 43.0 Å². The van der Waals surface area contributed by atoms with Gasteiger partial charge in [0.1, 0.15) is 5.76 Å². The Morgan fingerprint density at radius 3 is 2.75 bits per heavy atom. The van der Waals surface area contributed by atoms with Gasteiger partial charge in [0.15, 0.2) is 11.5 Å². The molecule has 0 atom stereocenters. The van der Waals surface area contributed by atoms with Crippen LogP contribution in [-0.4, -0.2) is 33.4 Å². The number of hydrogen-bond donors (Lipinski definition) is 1. The van der Waals surface area contributed by atoms with Crippen LogP contribution in [0.15, 0.2) is 57.9 Å². The van der Waals surface area contributed by atoms with Crippen molar-refractivity contribution in [1.82, 2.24) is 20.4 Å². The van der Waals surface area contributed by atoms with E-state index in [1.807, 2.05) is 0 Å². The van der Waals surface area contributed by atoms with Crippen molar-refractivity contribution in [3.05, 3.63) is 71.8 Å². The number of nitrogens with one attached hydrogen (secondary N) is 1. The molecule has 0 bridgehead atoms. The van der Waals surface area contributed by atoms with Crippen molar-refractivity contribution in [2.75, 3.05) is 6.54 Å². The Balaban J connectivity index is 1.47. The van der Waals surface area contributed by atoms with Crippen LogP contribution in [0.4, 0.5) is 0 Å². The summed E-state index contributed by atoms with van der Waals surface area (Å²) in [5.41, 5.74) is 0.665. The summed E-state index contributed by atoms with van der Waals surface area (Å²) in [6.45, 7) is 1.06. The van der Waals surface area contributed by atoms with Crippen LogP contribution in [0.25, 0.3) is 0 Å².